The number of benzene rings is 1. The summed E-state index contributed by atoms with van der Waals surface area (Å²) in [6, 6.07) is 6.86. The molecule has 4 nitrogen and oxygen atoms in total. The van der Waals surface area contributed by atoms with Crippen LogP contribution in [0.3, 0.4) is 0 Å². The number of aromatic nitrogens is 1. The second-order valence-corrected chi connectivity index (χ2v) is 7.91. The summed E-state index contributed by atoms with van der Waals surface area (Å²) in [4.78, 5) is 19.7. The van der Waals surface area contributed by atoms with Gasteiger partial charge in [-0.1, -0.05) is 26.0 Å². The number of amides is 1. The van der Waals surface area contributed by atoms with E-state index >= 15 is 0 Å². The van der Waals surface area contributed by atoms with Crippen molar-refractivity contribution < 1.29 is 9.18 Å². The summed E-state index contributed by atoms with van der Waals surface area (Å²) in [5.74, 6) is 0.427. The fraction of sp³-hybridized carbons (Fsp3) is 0.474. The van der Waals surface area contributed by atoms with Crippen molar-refractivity contribution in [3.63, 3.8) is 0 Å². The molecule has 1 N–H and O–H groups in total. The lowest BCUT2D eigenvalue weighted by Gasteiger charge is -2.19. The van der Waals surface area contributed by atoms with Crippen LogP contribution >= 0.6 is 11.3 Å². The molecule has 2 heterocycles. The summed E-state index contributed by atoms with van der Waals surface area (Å²) in [6.45, 7) is 8.23. The fourth-order valence-corrected chi connectivity index (χ4v) is 4.10. The molecule has 2 aromatic rings. The maximum Gasteiger partial charge on any atom is 0.263 e. The Morgan fingerprint density at radius 2 is 2.20 bits per heavy atom. The number of carbonyl (C=O) groups is 1. The minimum Gasteiger partial charge on any atom is -0.369 e. The van der Waals surface area contributed by atoms with Crippen LogP contribution in [0.1, 0.15) is 46.6 Å². The SMILES string of the molecule is Cc1nc(C(C)C)sc1C(=O)NCC1CCN(c2ccccc2F)C1. The summed E-state index contributed by atoms with van der Waals surface area (Å²) in [6.07, 6.45) is 0.952. The molecule has 1 saturated heterocycles. The van der Waals surface area contributed by atoms with E-state index in [1.165, 1.54) is 17.4 Å². The first kappa shape index (κ1) is 17.9. The monoisotopic (exact) mass is 361 g/mol. The molecule has 1 aromatic carbocycles. The van der Waals surface area contributed by atoms with Gasteiger partial charge in [-0.15, -0.1) is 11.3 Å². The van der Waals surface area contributed by atoms with Crippen molar-refractivity contribution in [2.24, 2.45) is 5.92 Å². The number of anilines is 1. The first-order chi connectivity index (χ1) is 12.0. The molecular formula is C19H24FN3OS. The number of para-hydroxylation sites is 1. The van der Waals surface area contributed by atoms with Crippen molar-refractivity contribution in [3.8, 4) is 0 Å². The van der Waals surface area contributed by atoms with Crippen molar-refractivity contribution in [2.45, 2.75) is 33.1 Å². The van der Waals surface area contributed by atoms with E-state index in [2.05, 4.69) is 29.0 Å². The Kier molecular flexibility index (Phi) is 5.37. The van der Waals surface area contributed by atoms with E-state index in [-0.39, 0.29) is 11.7 Å². The van der Waals surface area contributed by atoms with E-state index in [1.54, 1.807) is 6.07 Å². The molecule has 1 aliphatic heterocycles. The summed E-state index contributed by atoms with van der Waals surface area (Å²) in [5, 5.41) is 4.03. The first-order valence-electron chi connectivity index (χ1n) is 8.70. The van der Waals surface area contributed by atoms with Gasteiger partial charge in [0.2, 0.25) is 0 Å². The van der Waals surface area contributed by atoms with Gasteiger partial charge in [0.05, 0.1) is 16.4 Å². The van der Waals surface area contributed by atoms with Crippen LogP contribution in [-0.2, 0) is 0 Å². The van der Waals surface area contributed by atoms with Crippen LogP contribution in [0.5, 0.6) is 0 Å². The summed E-state index contributed by atoms with van der Waals surface area (Å²) in [7, 11) is 0. The van der Waals surface area contributed by atoms with Gasteiger partial charge in [-0.3, -0.25) is 4.79 Å². The molecule has 6 heteroatoms. The number of nitrogens with zero attached hydrogens (tertiary/aromatic N) is 2. The van der Waals surface area contributed by atoms with Gasteiger partial charge in [0.25, 0.3) is 5.91 Å². The highest BCUT2D eigenvalue weighted by molar-refractivity contribution is 7.13. The van der Waals surface area contributed by atoms with Crippen LogP contribution in [0, 0.1) is 18.7 Å². The van der Waals surface area contributed by atoms with Gasteiger partial charge in [-0.2, -0.15) is 0 Å². The number of nitrogens with one attached hydrogen (secondary N) is 1. The second kappa shape index (κ2) is 7.52. The molecule has 1 aliphatic rings. The maximum atomic E-state index is 13.9. The van der Waals surface area contributed by atoms with Gasteiger partial charge in [0, 0.05) is 25.6 Å². The molecule has 1 amide bonds. The van der Waals surface area contributed by atoms with Crippen LogP contribution < -0.4 is 10.2 Å². The standard InChI is InChI=1S/C19H24FN3OS/c1-12(2)19-22-13(3)17(25-19)18(24)21-10-14-8-9-23(11-14)16-7-5-4-6-15(16)20/h4-7,12,14H,8-11H2,1-3H3,(H,21,24). The molecule has 1 unspecified atom stereocenters. The Labute approximate surface area is 152 Å². The summed E-state index contributed by atoms with van der Waals surface area (Å²) < 4.78 is 13.9. The predicted molar refractivity (Wildman–Crippen MR) is 100.0 cm³/mol. The fourth-order valence-electron chi connectivity index (χ4n) is 3.12. The summed E-state index contributed by atoms with van der Waals surface area (Å²) in [5.41, 5.74) is 1.45. The molecule has 3 rings (SSSR count). The van der Waals surface area contributed by atoms with E-state index < -0.39 is 0 Å². The molecule has 0 saturated carbocycles. The molecule has 0 radical (unpaired) electrons. The topological polar surface area (TPSA) is 45.2 Å². The van der Waals surface area contributed by atoms with Crippen LogP contribution in [0.2, 0.25) is 0 Å². The van der Waals surface area contributed by atoms with E-state index in [9.17, 15) is 9.18 Å². The maximum absolute atomic E-state index is 13.9. The molecule has 0 spiro atoms. The zero-order chi connectivity index (χ0) is 18.0. The average molecular weight is 361 g/mol. The van der Waals surface area contributed by atoms with Crippen LogP contribution in [0.4, 0.5) is 10.1 Å². The lowest BCUT2D eigenvalue weighted by Crippen LogP contribution is -2.31. The summed E-state index contributed by atoms with van der Waals surface area (Å²) >= 11 is 1.47. The third kappa shape index (κ3) is 4.00. The van der Waals surface area contributed by atoms with Crippen LogP contribution in [-0.4, -0.2) is 30.5 Å². The molecule has 0 bridgehead atoms. The van der Waals surface area contributed by atoms with Crippen molar-refractivity contribution >= 4 is 22.9 Å². The zero-order valence-corrected chi connectivity index (χ0v) is 15.7. The predicted octanol–water partition coefficient (Wildman–Crippen LogP) is 3.97. The lowest BCUT2D eigenvalue weighted by atomic mass is 10.1. The number of hydrogen-bond acceptors (Lipinski definition) is 4. The van der Waals surface area contributed by atoms with Gasteiger partial charge in [0.1, 0.15) is 10.7 Å². The minimum atomic E-state index is -0.186. The highest BCUT2D eigenvalue weighted by atomic mass is 32.1. The van der Waals surface area contributed by atoms with Crippen LogP contribution in [0.15, 0.2) is 24.3 Å². The van der Waals surface area contributed by atoms with Gasteiger partial charge < -0.3 is 10.2 Å². The smallest absolute Gasteiger partial charge is 0.263 e. The Balaban J connectivity index is 1.56. The number of carbonyl (C=O) groups excluding carboxylic acids is 1. The highest BCUT2D eigenvalue weighted by Gasteiger charge is 2.25. The van der Waals surface area contributed by atoms with Gasteiger partial charge in [0.15, 0.2) is 0 Å². The van der Waals surface area contributed by atoms with Crippen molar-refractivity contribution in [1.29, 1.82) is 0 Å². The molecule has 1 fully saturated rings. The van der Waals surface area contributed by atoms with E-state index in [4.69, 9.17) is 0 Å². The van der Waals surface area contributed by atoms with Crippen molar-refractivity contribution in [3.05, 3.63) is 45.7 Å². The Bertz CT molecular complexity index is 759. The van der Waals surface area contributed by atoms with Gasteiger partial charge in [-0.25, -0.2) is 9.37 Å². The molecule has 1 aromatic heterocycles. The molecule has 25 heavy (non-hydrogen) atoms. The van der Waals surface area contributed by atoms with Gasteiger partial charge in [-0.05, 0) is 31.4 Å². The lowest BCUT2D eigenvalue weighted by molar-refractivity contribution is 0.0951. The van der Waals surface area contributed by atoms with Crippen molar-refractivity contribution in [2.75, 3.05) is 24.5 Å². The minimum absolute atomic E-state index is 0.0498. The number of aryl methyl sites for hydroxylation is 1. The molecule has 1 atom stereocenters. The first-order valence-corrected chi connectivity index (χ1v) is 9.52. The molecule has 134 valence electrons. The zero-order valence-electron chi connectivity index (χ0n) is 14.9. The molecular weight excluding hydrogens is 337 g/mol. The Morgan fingerprint density at radius 3 is 2.88 bits per heavy atom. The van der Waals surface area contributed by atoms with E-state index in [1.807, 2.05) is 19.1 Å². The largest absolute Gasteiger partial charge is 0.369 e. The third-order valence-electron chi connectivity index (χ3n) is 4.54. The number of rotatable bonds is 5. The van der Waals surface area contributed by atoms with Gasteiger partial charge >= 0.3 is 0 Å². The molecule has 0 aliphatic carbocycles. The normalized spacial score (nSPS) is 17.3. The quantitative estimate of drug-likeness (QED) is 0.876. The number of thiazole rings is 1. The number of halogens is 1. The van der Waals surface area contributed by atoms with E-state index in [0.717, 1.165) is 30.2 Å². The number of hydrogen-bond donors (Lipinski definition) is 1. The van der Waals surface area contributed by atoms with Crippen LogP contribution in [0.25, 0.3) is 0 Å². The third-order valence-corrected chi connectivity index (χ3v) is 6.00. The second-order valence-electron chi connectivity index (χ2n) is 6.88. The van der Waals surface area contributed by atoms with Crippen molar-refractivity contribution in [1.82, 2.24) is 10.3 Å². The Hall–Kier alpha value is -1.95. The Morgan fingerprint density at radius 1 is 1.44 bits per heavy atom. The average Bonchev–Trinajstić information content (AvgIpc) is 3.20. The van der Waals surface area contributed by atoms with E-state index in [0.29, 0.717) is 28.9 Å². The highest BCUT2D eigenvalue weighted by Crippen LogP contribution is 2.27.